The van der Waals surface area contributed by atoms with E-state index in [2.05, 4.69) is 21.7 Å². The molecular formula is C20H21N5O. The monoisotopic (exact) mass is 347 g/mol. The summed E-state index contributed by atoms with van der Waals surface area (Å²) in [6.45, 7) is 2.35. The van der Waals surface area contributed by atoms with E-state index in [1.165, 1.54) is 5.56 Å². The molecule has 26 heavy (non-hydrogen) atoms. The van der Waals surface area contributed by atoms with Crippen LogP contribution in [0.15, 0.2) is 48.8 Å². The second-order valence-electron chi connectivity index (χ2n) is 6.15. The molecule has 0 saturated carbocycles. The SMILES string of the molecule is COc1ccccc1CNc1nc(-c2ccncc2)nc2c1CCNC2. The van der Waals surface area contributed by atoms with E-state index in [0.29, 0.717) is 6.54 Å². The van der Waals surface area contributed by atoms with Crippen LogP contribution in [0, 0.1) is 0 Å². The molecule has 6 nitrogen and oxygen atoms in total. The van der Waals surface area contributed by atoms with Gasteiger partial charge >= 0.3 is 0 Å². The third-order valence-corrected chi connectivity index (χ3v) is 4.51. The first-order valence-electron chi connectivity index (χ1n) is 8.72. The van der Waals surface area contributed by atoms with Gasteiger partial charge in [0.15, 0.2) is 5.82 Å². The molecule has 4 rings (SSSR count). The highest BCUT2D eigenvalue weighted by molar-refractivity contribution is 5.60. The van der Waals surface area contributed by atoms with E-state index < -0.39 is 0 Å². The van der Waals surface area contributed by atoms with Crippen molar-refractivity contribution in [3.8, 4) is 17.1 Å². The van der Waals surface area contributed by atoms with Gasteiger partial charge in [-0.15, -0.1) is 0 Å². The first-order valence-corrected chi connectivity index (χ1v) is 8.72. The van der Waals surface area contributed by atoms with Crippen molar-refractivity contribution in [3.63, 3.8) is 0 Å². The Morgan fingerprint density at radius 3 is 2.81 bits per heavy atom. The van der Waals surface area contributed by atoms with Crippen LogP contribution >= 0.6 is 0 Å². The van der Waals surface area contributed by atoms with Gasteiger partial charge in [0.05, 0.1) is 12.8 Å². The fourth-order valence-corrected chi connectivity index (χ4v) is 3.16. The van der Waals surface area contributed by atoms with E-state index in [0.717, 1.165) is 53.7 Å². The van der Waals surface area contributed by atoms with Crippen molar-refractivity contribution in [1.29, 1.82) is 0 Å². The molecular weight excluding hydrogens is 326 g/mol. The summed E-state index contributed by atoms with van der Waals surface area (Å²) in [7, 11) is 1.69. The molecule has 1 aromatic carbocycles. The van der Waals surface area contributed by atoms with E-state index in [-0.39, 0.29) is 0 Å². The van der Waals surface area contributed by atoms with Crippen molar-refractivity contribution in [2.24, 2.45) is 0 Å². The highest BCUT2D eigenvalue weighted by atomic mass is 16.5. The summed E-state index contributed by atoms with van der Waals surface area (Å²) in [6, 6.07) is 11.9. The first kappa shape index (κ1) is 16.5. The number of nitrogens with one attached hydrogen (secondary N) is 2. The minimum Gasteiger partial charge on any atom is -0.496 e. The standard InChI is InChI=1S/C20H21N5O/c1-26-18-5-3-2-4-15(18)12-23-20-16-8-11-22-13-17(16)24-19(25-20)14-6-9-21-10-7-14/h2-7,9-10,22H,8,11-13H2,1H3,(H,23,24,25). The smallest absolute Gasteiger partial charge is 0.161 e. The molecule has 3 heterocycles. The normalized spacial score (nSPS) is 13.1. The van der Waals surface area contributed by atoms with Crippen LogP contribution in [0.1, 0.15) is 16.8 Å². The Labute approximate surface area is 152 Å². The van der Waals surface area contributed by atoms with Crippen LogP contribution in [0.4, 0.5) is 5.82 Å². The number of hydrogen-bond donors (Lipinski definition) is 2. The van der Waals surface area contributed by atoms with Gasteiger partial charge < -0.3 is 15.4 Å². The van der Waals surface area contributed by atoms with Crippen LogP contribution in [0.5, 0.6) is 5.75 Å². The Hall–Kier alpha value is -2.99. The molecule has 2 aromatic heterocycles. The number of fused-ring (bicyclic) bond motifs is 1. The summed E-state index contributed by atoms with van der Waals surface area (Å²) in [4.78, 5) is 13.7. The predicted octanol–water partition coefficient (Wildman–Crippen LogP) is 2.81. The zero-order valence-electron chi connectivity index (χ0n) is 14.7. The molecule has 3 aromatic rings. The number of benzene rings is 1. The number of nitrogens with zero attached hydrogens (tertiary/aromatic N) is 3. The third-order valence-electron chi connectivity index (χ3n) is 4.51. The lowest BCUT2D eigenvalue weighted by Gasteiger charge is -2.21. The number of aromatic nitrogens is 3. The summed E-state index contributed by atoms with van der Waals surface area (Å²) in [5.74, 6) is 2.49. The van der Waals surface area contributed by atoms with Crippen molar-refractivity contribution in [2.75, 3.05) is 19.0 Å². The van der Waals surface area contributed by atoms with Crippen LogP contribution in [0.3, 0.4) is 0 Å². The number of ether oxygens (including phenoxy) is 1. The number of hydrogen-bond acceptors (Lipinski definition) is 6. The summed E-state index contributed by atoms with van der Waals surface area (Å²) in [5.41, 5.74) is 4.31. The molecule has 0 saturated heterocycles. The predicted molar refractivity (Wildman–Crippen MR) is 101 cm³/mol. The molecule has 0 bridgehead atoms. The Morgan fingerprint density at radius 2 is 1.96 bits per heavy atom. The Balaban J connectivity index is 1.68. The van der Waals surface area contributed by atoms with E-state index >= 15 is 0 Å². The van der Waals surface area contributed by atoms with Crippen LogP contribution in [-0.4, -0.2) is 28.6 Å². The summed E-state index contributed by atoms with van der Waals surface area (Å²) in [5, 5.41) is 6.89. The number of para-hydroxylation sites is 1. The van der Waals surface area contributed by atoms with Crippen molar-refractivity contribution in [2.45, 2.75) is 19.5 Å². The van der Waals surface area contributed by atoms with Crippen LogP contribution in [0.2, 0.25) is 0 Å². The van der Waals surface area contributed by atoms with E-state index in [1.807, 2.05) is 30.3 Å². The number of pyridine rings is 1. The molecule has 0 aliphatic carbocycles. The molecule has 132 valence electrons. The molecule has 0 fully saturated rings. The lowest BCUT2D eigenvalue weighted by molar-refractivity contribution is 0.410. The molecule has 2 N–H and O–H groups in total. The van der Waals surface area contributed by atoms with Crippen LogP contribution < -0.4 is 15.4 Å². The van der Waals surface area contributed by atoms with Crippen molar-refractivity contribution >= 4 is 5.82 Å². The summed E-state index contributed by atoms with van der Waals surface area (Å²) < 4.78 is 5.45. The highest BCUT2D eigenvalue weighted by Gasteiger charge is 2.18. The largest absolute Gasteiger partial charge is 0.496 e. The van der Waals surface area contributed by atoms with Gasteiger partial charge in [0.2, 0.25) is 0 Å². The van der Waals surface area contributed by atoms with Gasteiger partial charge in [0, 0.05) is 42.2 Å². The van der Waals surface area contributed by atoms with Gasteiger partial charge in [0.1, 0.15) is 11.6 Å². The lowest BCUT2D eigenvalue weighted by atomic mass is 10.1. The molecule has 0 amide bonds. The quantitative estimate of drug-likeness (QED) is 0.739. The lowest BCUT2D eigenvalue weighted by Crippen LogP contribution is -2.26. The highest BCUT2D eigenvalue weighted by Crippen LogP contribution is 2.26. The van der Waals surface area contributed by atoms with E-state index in [9.17, 15) is 0 Å². The number of methoxy groups -OCH3 is 1. The minimum atomic E-state index is 0.649. The van der Waals surface area contributed by atoms with Crippen LogP contribution in [0.25, 0.3) is 11.4 Å². The fraction of sp³-hybridized carbons (Fsp3) is 0.250. The second kappa shape index (κ2) is 7.49. The molecule has 0 unspecified atom stereocenters. The maximum absolute atomic E-state index is 5.45. The molecule has 0 atom stereocenters. The maximum atomic E-state index is 5.45. The minimum absolute atomic E-state index is 0.649. The topological polar surface area (TPSA) is 72.0 Å². The fourth-order valence-electron chi connectivity index (χ4n) is 3.16. The van der Waals surface area contributed by atoms with Gasteiger partial charge in [-0.3, -0.25) is 4.98 Å². The van der Waals surface area contributed by atoms with Gasteiger partial charge in [-0.2, -0.15) is 0 Å². The van der Waals surface area contributed by atoms with E-state index in [1.54, 1.807) is 19.5 Å². The Kier molecular flexibility index (Phi) is 4.75. The molecule has 1 aliphatic heterocycles. The van der Waals surface area contributed by atoms with Crippen molar-refractivity contribution < 1.29 is 4.74 Å². The zero-order valence-corrected chi connectivity index (χ0v) is 14.7. The molecule has 0 radical (unpaired) electrons. The molecule has 6 heteroatoms. The Bertz CT molecular complexity index is 898. The number of anilines is 1. The average molecular weight is 347 g/mol. The van der Waals surface area contributed by atoms with Crippen LogP contribution in [-0.2, 0) is 19.5 Å². The van der Waals surface area contributed by atoms with Gasteiger partial charge in [0.25, 0.3) is 0 Å². The zero-order chi connectivity index (χ0) is 17.8. The van der Waals surface area contributed by atoms with E-state index in [4.69, 9.17) is 14.7 Å². The third kappa shape index (κ3) is 3.36. The summed E-state index contributed by atoms with van der Waals surface area (Å²) >= 11 is 0. The van der Waals surface area contributed by atoms with Gasteiger partial charge in [-0.05, 0) is 31.2 Å². The van der Waals surface area contributed by atoms with Gasteiger partial charge in [-0.1, -0.05) is 18.2 Å². The number of rotatable bonds is 5. The average Bonchev–Trinajstić information content (AvgIpc) is 2.72. The van der Waals surface area contributed by atoms with Crippen molar-refractivity contribution in [3.05, 3.63) is 65.6 Å². The Morgan fingerprint density at radius 1 is 1.12 bits per heavy atom. The summed E-state index contributed by atoms with van der Waals surface area (Å²) in [6.07, 6.45) is 4.44. The maximum Gasteiger partial charge on any atom is 0.161 e. The second-order valence-corrected chi connectivity index (χ2v) is 6.15. The molecule has 0 spiro atoms. The van der Waals surface area contributed by atoms with Gasteiger partial charge in [-0.25, -0.2) is 9.97 Å². The first-order chi connectivity index (χ1) is 12.8. The molecule has 1 aliphatic rings. The van der Waals surface area contributed by atoms with Crippen molar-refractivity contribution in [1.82, 2.24) is 20.3 Å².